The van der Waals surface area contributed by atoms with E-state index in [2.05, 4.69) is 15.3 Å². The summed E-state index contributed by atoms with van der Waals surface area (Å²) in [5, 5.41) is 3.03. The summed E-state index contributed by atoms with van der Waals surface area (Å²) in [6, 6.07) is 7.21. The standard InChI is InChI=1S/C23H24N4O5/c1-2-8-27-20-18(22(29)26-23(27)30)15(11-16(25-20)13-6-7-13)21(28)24-12-14-4-3-5-17-19(14)32-10-9-31-17/h3-5,11,13H,2,6-10,12H2,1H3,(H,24,28)(H,26,29,30). The first-order valence-electron chi connectivity index (χ1n) is 10.9. The van der Waals surface area contributed by atoms with E-state index < -0.39 is 17.2 Å². The molecule has 9 heteroatoms. The van der Waals surface area contributed by atoms with Crippen LogP contribution in [0.4, 0.5) is 0 Å². The van der Waals surface area contributed by atoms with Gasteiger partial charge in [0, 0.05) is 30.3 Å². The molecule has 0 radical (unpaired) electrons. The monoisotopic (exact) mass is 436 g/mol. The highest BCUT2D eigenvalue weighted by Gasteiger charge is 2.29. The molecule has 0 unspecified atom stereocenters. The molecule has 1 aliphatic carbocycles. The minimum absolute atomic E-state index is 0.134. The van der Waals surface area contributed by atoms with Crippen LogP contribution >= 0.6 is 0 Å². The first kappa shape index (κ1) is 20.3. The number of rotatable bonds is 6. The second-order valence-corrected chi connectivity index (χ2v) is 8.10. The minimum Gasteiger partial charge on any atom is -0.486 e. The zero-order valence-electron chi connectivity index (χ0n) is 17.8. The van der Waals surface area contributed by atoms with Crippen LogP contribution in [0.2, 0.25) is 0 Å². The van der Waals surface area contributed by atoms with Crippen molar-refractivity contribution >= 4 is 16.9 Å². The van der Waals surface area contributed by atoms with Crippen molar-refractivity contribution in [3.63, 3.8) is 0 Å². The number of aryl methyl sites for hydroxylation is 1. The van der Waals surface area contributed by atoms with E-state index in [1.807, 2.05) is 25.1 Å². The number of nitrogens with one attached hydrogen (secondary N) is 2. The fourth-order valence-corrected chi connectivity index (χ4v) is 4.04. The predicted molar refractivity (Wildman–Crippen MR) is 117 cm³/mol. The van der Waals surface area contributed by atoms with Gasteiger partial charge in [-0.25, -0.2) is 9.78 Å². The summed E-state index contributed by atoms with van der Waals surface area (Å²) in [6.07, 6.45) is 2.65. The molecular weight excluding hydrogens is 412 g/mol. The number of carbonyl (C=O) groups excluding carboxylic acids is 1. The van der Waals surface area contributed by atoms with E-state index in [1.54, 1.807) is 6.07 Å². The van der Waals surface area contributed by atoms with Crippen LogP contribution in [0.15, 0.2) is 33.9 Å². The van der Waals surface area contributed by atoms with Gasteiger partial charge in [0.15, 0.2) is 17.1 Å². The number of benzene rings is 1. The molecule has 1 amide bonds. The molecule has 3 aromatic rings. The Hall–Kier alpha value is -3.62. The second-order valence-electron chi connectivity index (χ2n) is 8.10. The van der Waals surface area contributed by atoms with E-state index in [-0.39, 0.29) is 29.1 Å². The first-order chi connectivity index (χ1) is 15.6. The van der Waals surface area contributed by atoms with Crippen LogP contribution in [0, 0.1) is 0 Å². The number of para-hydroxylation sites is 1. The maximum Gasteiger partial charge on any atom is 0.329 e. The molecule has 1 aliphatic heterocycles. The third-order valence-electron chi connectivity index (χ3n) is 5.74. The van der Waals surface area contributed by atoms with Crippen molar-refractivity contribution in [1.82, 2.24) is 19.9 Å². The Bertz CT molecular complexity index is 1320. The Morgan fingerprint density at radius 3 is 2.84 bits per heavy atom. The quantitative estimate of drug-likeness (QED) is 0.611. The number of nitrogens with zero attached hydrogens (tertiary/aromatic N) is 2. The maximum atomic E-state index is 13.3. The average Bonchev–Trinajstić information content (AvgIpc) is 3.65. The molecule has 2 aromatic heterocycles. The van der Waals surface area contributed by atoms with E-state index in [0.29, 0.717) is 37.7 Å². The molecule has 0 atom stereocenters. The van der Waals surface area contributed by atoms with Gasteiger partial charge in [0.1, 0.15) is 13.2 Å². The largest absolute Gasteiger partial charge is 0.486 e. The highest BCUT2D eigenvalue weighted by atomic mass is 16.6. The molecule has 0 saturated heterocycles. The smallest absolute Gasteiger partial charge is 0.329 e. The first-order valence-corrected chi connectivity index (χ1v) is 10.9. The van der Waals surface area contributed by atoms with E-state index in [0.717, 1.165) is 24.1 Å². The molecule has 0 spiro atoms. The highest BCUT2D eigenvalue weighted by molar-refractivity contribution is 6.05. The summed E-state index contributed by atoms with van der Waals surface area (Å²) >= 11 is 0. The van der Waals surface area contributed by atoms with Crippen molar-refractivity contribution in [3.05, 3.63) is 61.9 Å². The third-order valence-corrected chi connectivity index (χ3v) is 5.74. The SMILES string of the molecule is CCCn1c(=O)[nH]c(=O)c2c(C(=O)NCc3cccc4c3OCCO4)cc(C3CC3)nc21. The lowest BCUT2D eigenvalue weighted by Crippen LogP contribution is -2.33. The number of hydrogen-bond acceptors (Lipinski definition) is 6. The van der Waals surface area contributed by atoms with Gasteiger partial charge in [-0.15, -0.1) is 0 Å². The van der Waals surface area contributed by atoms with Crippen LogP contribution in [-0.4, -0.2) is 33.7 Å². The van der Waals surface area contributed by atoms with E-state index >= 15 is 0 Å². The van der Waals surface area contributed by atoms with E-state index in [9.17, 15) is 14.4 Å². The van der Waals surface area contributed by atoms with Gasteiger partial charge in [0.25, 0.3) is 11.5 Å². The zero-order valence-corrected chi connectivity index (χ0v) is 17.8. The van der Waals surface area contributed by atoms with Crippen LogP contribution in [0.1, 0.15) is 53.7 Å². The number of H-pyrrole nitrogens is 1. The zero-order chi connectivity index (χ0) is 22.2. The number of fused-ring (bicyclic) bond motifs is 2. The summed E-state index contributed by atoms with van der Waals surface area (Å²) in [4.78, 5) is 45.3. The summed E-state index contributed by atoms with van der Waals surface area (Å²) in [5.41, 5.74) is 0.906. The number of aromatic amines is 1. The number of pyridine rings is 1. The molecule has 0 bridgehead atoms. The number of hydrogen-bond donors (Lipinski definition) is 2. The fraction of sp³-hybridized carbons (Fsp3) is 0.391. The van der Waals surface area contributed by atoms with Crippen molar-refractivity contribution in [1.29, 1.82) is 0 Å². The van der Waals surface area contributed by atoms with Crippen molar-refractivity contribution in [3.8, 4) is 11.5 Å². The Kier molecular flexibility index (Phi) is 5.16. The molecule has 1 aromatic carbocycles. The summed E-state index contributed by atoms with van der Waals surface area (Å²) < 4.78 is 12.8. The van der Waals surface area contributed by atoms with E-state index in [1.165, 1.54) is 4.57 Å². The van der Waals surface area contributed by atoms with Gasteiger partial charge in [-0.1, -0.05) is 19.1 Å². The molecule has 9 nitrogen and oxygen atoms in total. The average molecular weight is 436 g/mol. The Morgan fingerprint density at radius 1 is 1.25 bits per heavy atom. The lowest BCUT2D eigenvalue weighted by molar-refractivity contribution is 0.0951. The molecular formula is C23H24N4O5. The third kappa shape index (κ3) is 3.63. The topological polar surface area (TPSA) is 115 Å². The molecule has 2 N–H and O–H groups in total. The van der Waals surface area contributed by atoms with Crippen molar-refractivity contribution in [2.45, 2.75) is 45.2 Å². The van der Waals surface area contributed by atoms with Gasteiger partial charge in [-0.3, -0.25) is 19.1 Å². The van der Waals surface area contributed by atoms with Gasteiger partial charge >= 0.3 is 5.69 Å². The van der Waals surface area contributed by atoms with Crippen molar-refractivity contribution in [2.75, 3.05) is 13.2 Å². The predicted octanol–water partition coefficient (Wildman–Crippen LogP) is 2.07. The van der Waals surface area contributed by atoms with Crippen LogP contribution in [0.3, 0.4) is 0 Å². The fourth-order valence-electron chi connectivity index (χ4n) is 4.04. The normalized spacial score (nSPS) is 15.0. The van der Waals surface area contributed by atoms with Crippen LogP contribution in [0.25, 0.3) is 11.0 Å². The van der Waals surface area contributed by atoms with Crippen LogP contribution in [0.5, 0.6) is 11.5 Å². The van der Waals surface area contributed by atoms with Crippen molar-refractivity contribution < 1.29 is 14.3 Å². The van der Waals surface area contributed by atoms with Gasteiger partial charge in [0.05, 0.1) is 10.9 Å². The molecule has 1 fully saturated rings. The molecule has 5 rings (SSSR count). The molecule has 2 aliphatic rings. The van der Waals surface area contributed by atoms with E-state index in [4.69, 9.17) is 9.47 Å². The molecule has 166 valence electrons. The lowest BCUT2D eigenvalue weighted by atomic mass is 10.1. The number of aromatic nitrogens is 3. The van der Waals surface area contributed by atoms with Crippen LogP contribution in [-0.2, 0) is 13.1 Å². The summed E-state index contributed by atoms with van der Waals surface area (Å²) in [5.74, 6) is 1.11. The van der Waals surface area contributed by atoms with Crippen LogP contribution < -0.4 is 26.0 Å². The molecule has 3 heterocycles. The van der Waals surface area contributed by atoms with Gasteiger partial charge < -0.3 is 14.8 Å². The Balaban J connectivity index is 1.55. The lowest BCUT2D eigenvalue weighted by Gasteiger charge is -2.21. The minimum atomic E-state index is -0.605. The summed E-state index contributed by atoms with van der Waals surface area (Å²) in [6.45, 7) is 3.48. The highest BCUT2D eigenvalue weighted by Crippen LogP contribution is 2.40. The Morgan fingerprint density at radius 2 is 2.06 bits per heavy atom. The maximum absolute atomic E-state index is 13.3. The number of carbonyl (C=O) groups is 1. The number of ether oxygens (including phenoxy) is 2. The second kappa shape index (κ2) is 8.14. The Labute approximate surface area is 183 Å². The van der Waals surface area contributed by atoms with Gasteiger partial charge in [0.2, 0.25) is 0 Å². The summed E-state index contributed by atoms with van der Waals surface area (Å²) in [7, 11) is 0. The van der Waals surface area contributed by atoms with Crippen molar-refractivity contribution in [2.24, 2.45) is 0 Å². The number of amides is 1. The molecule has 1 saturated carbocycles. The van der Waals surface area contributed by atoms with Gasteiger partial charge in [-0.2, -0.15) is 0 Å². The molecule has 32 heavy (non-hydrogen) atoms. The van der Waals surface area contributed by atoms with Gasteiger partial charge in [-0.05, 0) is 31.4 Å².